The first-order valence-corrected chi connectivity index (χ1v) is 10.4. The molecule has 1 saturated heterocycles. The monoisotopic (exact) mass is 410 g/mol. The molecule has 0 saturated carbocycles. The lowest BCUT2D eigenvalue weighted by atomic mass is 9.97. The van der Waals surface area contributed by atoms with Gasteiger partial charge in [-0.2, -0.15) is 5.10 Å². The van der Waals surface area contributed by atoms with Crippen LogP contribution in [0.2, 0.25) is 0 Å². The van der Waals surface area contributed by atoms with Crippen LogP contribution in [0.5, 0.6) is 0 Å². The van der Waals surface area contributed by atoms with Crippen LogP contribution in [0.4, 0.5) is 4.39 Å². The maximum absolute atomic E-state index is 13.7. The van der Waals surface area contributed by atoms with E-state index in [2.05, 4.69) is 10.2 Å². The van der Waals surface area contributed by atoms with Crippen molar-refractivity contribution in [1.29, 1.82) is 0 Å². The van der Waals surface area contributed by atoms with Gasteiger partial charge in [0.25, 0.3) is 0 Å². The smallest absolute Gasteiger partial charge is 0.216 e. The number of piperidine rings is 1. The van der Waals surface area contributed by atoms with Gasteiger partial charge in [-0.15, -0.1) is 0 Å². The molecule has 0 aliphatic carbocycles. The lowest BCUT2D eigenvalue weighted by Crippen LogP contribution is -2.40. The molecule has 1 aliphatic heterocycles. The third-order valence-corrected chi connectivity index (χ3v) is 5.47. The zero-order chi connectivity index (χ0) is 21.1. The molecule has 4 rings (SSSR count). The highest BCUT2D eigenvalue weighted by Gasteiger charge is 2.23. The molecule has 3 heterocycles. The average molecular weight is 410 g/mol. The topological polar surface area (TPSA) is 63.3 Å². The standard InChI is InChI=1S/C23H27FN4O2/c1-16-8-9-22(30-16)23-19(15-28(26-23)21-7-3-6-20(24)11-21)14-27-10-4-5-18(13-27)12-25-17(2)29/h3,6-9,11,15,18H,4-5,10,12-14H2,1-2H3,(H,25,29). The molecule has 3 aromatic rings. The molecule has 158 valence electrons. The highest BCUT2D eigenvalue weighted by atomic mass is 19.1. The van der Waals surface area contributed by atoms with E-state index in [0.29, 0.717) is 23.9 Å². The van der Waals surface area contributed by atoms with Crippen molar-refractivity contribution in [2.75, 3.05) is 19.6 Å². The van der Waals surface area contributed by atoms with Crippen molar-refractivity contribution in [1.82, 2.24) is 20.0 Å². The molecule has 6 nitrogen and oxygen atoms in total. The molecule has 7 heteroatoms. The van der Waals surface area contributed by atoms with E-state index in [-0.39, 0.29) is 11.7 Å². The third kappa shape index (κ3) is 4.79. The van der Waals surface area contributed by atoms with Crippen LogP contribution in [-0.4, -0.2) is 40.2 Å². The van der Waals surface area contributed by atoms with Gasteiger partial charge in [0, 0.05) is 38.3 Å². The zero-order valence-electron chi connectivity index (χ0n) is 17.4. The second-order valence-electron chi connectivity index (χ2n) is 8.02. The van der Waals surface area contributed by atoms with Crippen LogP contribution < -0.4 is 5.32 Å². The largest absolute Gasteiger partial charge is 0.460 e. The lowest BCUT2D eigenvalue weighted by Gasteiger charge is -2.32. The maximum atomic E-state index is 13.7. The predicted molar refractivity (Wildman–Crippen MR) is 113 cm³/mol. The van der Waals surface area contributed by atoms with E-state index in [0.717, 1.165) is 49.5 Å². The SMILES string of the molecule is CC(=O)NCC1CCCN(Cc2cn(-c3cccc(F)c3)nc2-c2ccc(C)o2)C1. The number of carbonyl (C=O) groups excluding carboxylic acids is 1. The Hall–Kier alpha value is -2.93. The van der Waals surface area contributed by atoms with Gasteiger partial charge in [-0.05, 0) is 62.6 Å². The van der Waals surface area contributed by atoms with Crippen LogP contribution in [0.1, 0.15) is 31.1 Å². The highest BCUT2D eigenvalue weighted by molar-refractivity contribution is 5.72. The van der Waals surface area contributed by atoms with Gasteiger partial charge in [-0.25, -0.2) is 9.07 Å². The molecule has 1 unspecified atom stereocenters. The number of benzene rings is 1. The van der Waals surface area contributed by atoms with Crippen molar-refractivity contribution in [3.8, 4) is 17.1 Å². The van der Waals surface area contributed by atoms with Crippen LogP contribution in [0, 0.1) is 18.7 Å². The summed E-state index contributed by atoms with van der Waals surface area (Å²) in [6.07, 6.45) is 4.17. The van der Waals surface area contributed by atoms with Gasteiger partial charge < -0.3 is 9.73 Å². The number of amides is 1. The molecule has 0 spiro atoms. The van der Waals surface area contributed by atoms with Crippen LogP contribution in [0.15, 0.2) is 47.0 Å². The number of carbonyl (C=O) groups is 1. The molecule has 1 amide bonds. The Balaban J connectivity index is 1.59. The Kier molecular flexibility index (Phi) is 5.99. The number of nitrogens with one attached hydrogen (secondary N) is 1. The summed E-state index contributed by atoms with van der Waals surface area (Å²) in [5.41, 5.74) is 2.48. The number of halogens is 1. The Morgan fingerprint density at radius 2 is 2.20 bits per heavy atom. The second kappa shape index (κ2) is 8.83. The number of hydrogen-bond donors (Lipinski definition) is 1. The summed E-state index contributed by atoms with van der Waals surface area (Å²) in [6, 6.07) is 10.3. The van der Waals surface area contributed by atoms with E-state index in [4.69, 9.17) is 9.52 Å². The maximum Gasteiger partial charge on any atom is 0.216 e. The van der Waals surface area contributed by atoms with E-state index < -0.39 is 0 Å². The van der Waals surface area contributed by atoms with Gasteiger partial charge in [0.15, 0.2) is 5.76 Å². The molecule has 1 fully saturated rings. The summed E-state index contributed by atoms with van der Waals surface area (Å²) in [4.78, 5) is 13.6. The first kappa shape index (κ1) is 20.3. The minimum absolute atomic E-state index is 0.0129. The number of aryl methyl sites for hydroxylation is 1. The fourth-order valence-corrected chi connectivity index (χ4v) is 4.04. The lowest BCUT2D eigenvalue weighted by molar-refractivity contribution is -0.119. The van der Waals surface area contributed by atoms with Gasteiger partial charge in [-0.3, -0.25) is 9.69 Å². The summed E-state index contributed by atoms with van der Waals surface area (Å²) in [5, 5.41) is 7.66. The fraction of sp³-hybridized carbons (Fsp3) is 0.391. The number of likely N-dealkylation sites (tertiary alicyclic amines) is 1. The number of hydrogen-bond acceptors (Lipinski definition) is 4. The Bertz CT molecular complexity index is 1030. The molecular formula is C23H27FN4O2. The summed E-state index contributed by atoms with van der Waals surface area (Å²) in [6.45, 7) is 6.81. The van der Waals surface area contributed by atoms with Crippen LogP contribution >= 0.6 is 0 Å². The molecule has 30 heavy (non-hydrogen) atoms. The van der Waals surface area contributed by atoms with Crippen molar-refractivity contribution in [3.05, 3.63) is 59.7 Å². The van der Waals surface area contributed by atoms with E-state index >= 15 is 0 Å². The van der Waals surface area contributed by atoms with E-state index in [1.54, 1.807) is 17.7 Å². The first-order valence-electron chi connectivity index (χ1n) is 10.4. The molecule has 0 bridgehead atoms. The zero-order valence-corrected chi connectivity index (χ0v) is 17.4. The van der Waals surface area contributed by atoms with Gasteiger partial charge in [0.05, 0.1) is 5.69 Å². The molecule has 0 radical (unpaired) electrons. The van der Waals surface area contributed by atoms with Crippen molar-refractivity contribution in [2.24, 2.45) is 5.92 Å². The second-order valence-corrected chi connectivity index (χ2v) is 8.02. The summed E-state index contributed by atoms with van der Waals surface area (Å²) < 4.78 is 21.3. The van der Waals surface area contributed by atoms with Crippen LogP contribution in [0.3, 0.4) is 0 Å². The van der Waals surface area contributed by atoms with E-state index in [9.17, 15) is 9.18 Å². The predicted octanol–water partition coefficient (Wildman–Crippen LogP) is 3.93. The Morgan fingerprint density at radius 3 is 2.93 bits per heavy atom. The molecule has 1 N–H and O–H groups in total. The molecule has 1 aromatic carbocycles. The Labute approximate surface area is 175 Å². The number of rotatable bonds is 6. The van der Waals surface area contributed by atoms with Crippen molar-refractivity contribution >= 4 is 5.91 Å². The molecule has 2 aromatic heterocycles. The number of nitrogens with zero attached hydrogens (tertiary/aromatic N) is 3. The summed E-state index contributed by atoms with van der Waals surface area (Å²) in [7, 11) is 0. The number of furan rings is 1. The fourth-order valence-electron chi connectivity index (χ4n) is 4.04. The Morgan fingerprint density at radius 1 is 1.33 bits per heavy atom. The molecule has 1 atom stereocenters. The van der Waals surface area contributed by atoms with Crippen molar-refractivity contribution in [2.45, 2.75) is 33.2 Å². The molecular weight excluding hydrogens is 383 g/mol. The van der Waals surface area contributed by atoms with Crippen molar-refractivity contribution < 1.29 is 13.6 Å². The minimum atomic E-state index is -0.295. The minimum Gasteiger partial charge on any atom is -0.460 e. The van der Waals surface area contributed by atoms with Gasteiger partial charge >= 0.3 is 0 Å². The quantitative estimate of drug-likeness (QED) is 0.669. The summed E-state index contributed by atoms with van der Waals surface area (Å²) >= 11 is 0. The van der Waals surface area contributed by atoms with Crippen LogP contribution in [-0.2, 0) is 11.3 Å². The third-order valence-electron chi connectivity index (χ3n) is 5.47. The van der Waals surface area contributed by atoms with Crippen LogP contribution in [0.25, 0.3) is 17.1 Å². The van der Waals surface area contributed by atoms with Gasteiger partial charge in [-0.1, -0.05) is 6.07 Å². The highest BCUT2D eigenvalue weighted by Crippen LogP contribution is 2.28. The number of aromatic nitrogens is 2. The van der Waals surface area contributed by atoms with Gasteiger partial charge in [0.2, 0.25) is 5.91 Å². The van der Waals surface area contributed by atoms with E-state index in [1.807, 2.05) is 31.3 Å². The average Bonchev–Trinajstić information content (AvgIpc) is 3.33. The molecule has 1 aliphatic rings. The van der Waals surface area contributed by atoms with Gasteiger partial charge in [0.1, 0.15) is 17.3 Å². The first-order chi connectivity index (χ1) is 14.5. The van der Waals surface area contributed by atoms with E-state index in [1.165, 1.54) is 12.1 Å². The summed E-state index contributed by atoms with van der Waals surface area (Å²) in [5.74, 6) is 1.69. The normalized spacial score (nSPS) is 17.2. The van der Waals surface area contributed by atoms with Crippen molar-refractivity contribution in [3.63, 3.8) is 0 Å².